The molecule has 1 N–H and O–H groups in total. The van der Waals surface area contributed by atoms with Crippen molar-refractivity contribution in [2.45, 2.75) is 33.1 Å². The number of hydrogen-bond donors (Lipinski definition) is 1. The molecule has 0 saturated carbocycles. The highest BCUT2D eigenvalue weighted by molar-refractivity contribution is 9.10. The molecule has 0 bridgehead atoms. The summed E-state index contributed by atoms with van der Waals surface area (Å²) in [5.74, 6) is 0.524. The second-order valence-electron chi connectivity index (χ2n) is 6.57. The molecule has 0 spiro atoms. The van der Waals surface area contributed by atoms with Gasteiger partial charge in [-0.05, 0) is 53.8 Å². The predicted octanol–water partition coefficient (Wildman–Crippen LogP) is 5.07. The molecular weight excluding hydrogens is 354 g/mol. The first-order valence-electron chi connectivity index (χ1n) is 7.55. The van der Waals surface area contributed by atoms with E-state index in [1.165, 1.54) is 5.56 Å². The Hall–Kier alpha value is -1.81. The molecule has 0 fully saturated rings. The minimum absolute atomic E-state index is 0.00956. The van der Waals surface area contributed by atoms with Gasteiger partial charge in [0.05, 0.1) is 0 Å². The van der Waals surface area contributed by atoms with Crippen LogP contribution in [0.1, 0.15) is 31.9 Å². The Labute approximate surface area is 146 Å². The van der Waals surface area contributed by atoms with E-state index >= 15 is 0 Å². The van der Waals surface area contributed by atoms with Gasteiger partial charge in [-0.25, -0.2) is 0 Å². The minimum Gasteiger partial charge on any atom is -0.484 e. The fraction of sp³-hybridized carbons (Fsp3) is 0.316. The molecule has 2 aromatic carbocycles. The summed E-state index contributed by atoms with van der Waals surface area (Å²) >= 11 is 3.41. The Balaban J connectivity index is 1.91. The van der Waals surface area contributed by atoms with Crippen LogP contribution in [0.4, 0.5) is 5.69 Å². The predicted molar refractivity (Wildman–Crippen MR) is 98.1 cm³/mol. The van der Waals surface area contributed by atoms with Crippen LogP contribution in [0.15, 0.2) is 46.9 Å². The Morgan fingerprint density at radius 2 is 1.78 bits per heavy atom. The van der Waals surface area contributed by atoms with Gasteiger partial charge in [-0.2, -0.15) is 0 Å². The smallest absolute Gasteiger partial charge is 0.262 e. The Kier molecular flexibility index (Phi) is 5.47. The Morgan fingerprint density at radius 3 is 2.35 bits per heavy atom. The number of ether oxygens (including phenoxy) is 1. The molecule has 2 aromatic rings. The van der Waals surface area contributed by atoms with Crippen molar-refractivity contribution in [3.63, 3.8) is 0 Å². The summed E-state index contributed by atoms with van der Waals surface area (Å²) in [6.45, 7) is 8.43. The van der Waals surface area contributed by atoms with E-state index in [9.17, 15) is 4.79 Å². The molecular formula is C19H22BrNO2. The molecule has 0 atom stereocenters. The van der Waals surface area contributed by atoms with E-state index in [1.54, 1.807) is 0 Å². The zero-order valence-corrected chi connectivity index (χ0v) is 15.5. The number of benzene rings is 2. The third kappa shape index (κ3) is 5.10. The van der Waals surface area contributed by atoms with Gasteiger partial charge in [0.1, 0.15) is 5.75 Å². The van der Waals surface area contributed by atoms with Crippen molar-refractivity contribution in [3.05, 3.63) is 58.1 Å². The average Bonchev–Trinajstić information content (AvgIpc) is 2.47. The zero-order chi connectivity index (χ0) is 17.0. The third-order valence-corrected chi connectivity index (χ3v) is 4.05. The van der Waals surface area contributed by atoms with Crippen LogP contribution >= 0.6 is 15.9 Å². The maximum Gasteiger partial charge on any atom is 0.262 e. The molecule has 0 aliphatic heterocycles. The van der Waals surface area contributed by atoms with E-state index in [-0.39, 0.29) is 17.9 Å². The second-order valence-corrected chi connectivity index (χ2v) is 7.49. The third-order valence-electron chi connectivity index (χ3n) is 3.55. The largest absolute Gasteiger partial charge is 0.484 e. The van der Waals surface area contributed by atoms with E-state index in [1.807, 2.05) is 49.4 Å². The number of carbonyl (C=O) groups excluding carboxylic acids is 1. The first-order chi connectivity index (χ1) is 10.8. The molecule has 0 aliphatic carbocycles. The first kappa shape index (κ1) is 17.5. The molecule has 0 heterocycles. The van der Waals surface area contributed by atoms with Gasteiger partial charge in [0.25, 0.3) is 5.91 Å². The van der Waals surface area contributed by atoms with Crippen molar-refractivity contribution in [3.8, 4) is 5.75 Å². The maximum atomic E-state index is 12.0. The van der Waals surface area contributed by atoms with Crippen LogP contribution in [0.3, 0.4) is 0 Å². The van der Waals surface area contributed by atoms with Crippen LogP contribution in [0, 0.1) is 6.92 Å². The Bertz CT molecular complexity index is 688. The number of amides is 1. The van der Waals surface area contributed by atoms with Crippen LogP contribution in [-0.4, -0.2) is 12.5 Å². The SMILES string of the molecule is Cc1cc(Br)ccc1NC(=O)COc1ccc(C(C)(C)C)cc1. The van der Waals surface area contributed by atoms with Crippen molar-refractivity contribution >= 4 is 27.5 Å². The maximum absolute atomic E-state index is 12.0. The highest BCUT2D eigenvalue weighted by atomic mass is 79.9. The number of nitrogens with one attached hydrogen (secondary N) is 1. The van der Waals surface area contributed by atoms with E-state index in [0.717, 1.165) is 15.7 Å². The van der Waals surface area contributed by atoms with Crippen LogP contribution in [0.25, 0.3) is 0 Å². The molecule has 2 rings (SSSR count). The monoisotopic (exact) mass is 375 g/mol. The normalized spacial score (nSPS) is 11.2. The van der Waals surface area contributed by atoms with Gasteiger partial charge in [0.2, 0.25) is 0 Å². The van der Waals surface area contributed by atoms with Crippen LogP contribution in [0.5, 0.6) is 5.75 Å². The van der Waals surface area contributed by atoms with Crippen molar-refractivity contribution < 1.29 is 9.53 Å². The van der Waals surface area contributed by atoms with Crippen LogP contribution in [0.2, 0.25) is 0 Å². The summed E-state index contributed by atoms with van der Waals surface area (Å²) < 4.78 is 6.54. The molecule has 0 radical (unpaired) electrons. The van der Waals surface area contributed by atoms with Gasteiger partial charge in [-0.1, -0.05) is 48.8 Å². The molecule has 0 aromatic heterocycles. The molecule has 1 amide bonds. The summed E-state index contributed by atoms with van der Waals surface area (Å²) in [4.78, 5) is 12.0. The summed E-state index contributed by atoms with van der Waals surface area (Å²) in [5.41, 5.74) is 3.14. The average molecular weight is 376 g/mol. The van der Waals surface area contributed by atoms with Crippen molar-refractivity contribution in [1.82, 2.24) is 0 Å². The van der Waals surface area contributed by atoms with Crippen LogP contribution in [-0.2, 0) is 10.2 Å². The van der Waals surface area contributed by atoms with Crippen molar-refractivity contribution in [2.24, 2.45) is 0 Å². The summed E-state index contributed by atoms with van der Waals surface area (Å²) in [6.07, 6.45) is 0. The van der Waals surface area contributed by atoms with Gasteiger partial charge < -0.3 is 10.1 Å². The van der Waals surface area contributed by atoms with E-state index in [4.69, 9.17) is 4.74 Å². The van der Waals surface area contributed by atoms with E-state index in [0.29, 0.717) is 5.75 Å². The topological polar surface area (TPSA) is 38.3 Å². The zero-order valence-electron chi connectivity index (χ0n) is 13.9. The fourth-order valence-electron chi connectivity index (χ4n) is 2.15. The van der Waals surface area contributed by atoms with E-state index < -0.39 is 0 Å². The summed E-state index contributed by atoms with van der Waals surface area (Å²) in [5, 5.41) is 2.86. The van der Waals surface area contributed by atoms with E-state index in [2.05, 4.69) is 42.0 Å². The lowest BCUT2D eigenvalue weighted by molar-refractivity contribution is -0.118. The van der Waals surface area contributed by atoms with Gasteiger partial charge >= 0.3 is 0 Å². The summed E-state index contributed by atoms with van der Waals surface area (Å²) in [7, 11) is 0. The quantitative estimate of drug-likeness (QED) is 0.809. The second kappa shape index (κ2) is 7.18. The number of anilines is 1. The van der Waals surface area contributed by atoms with Gasteiger partial charge in [0, 0.05) is 10.2 Å². The summed E-state index contributed by atoms with van der Waals surface area (Å²) in [6, 6.07) is 13.6. The molecule has 3 nitrogen and oxygen atoms in total. The van der Waals surface area contributed by atoms with Gasteiger partial charge in [0.15, 0.2) is 6.61 Å². The highest BCUT2D eigenvalue weighted by Crippen LogP contribution is 2.24. The number of hydrogen-bond acceptors (Lipinski definition) is 2. The first-order valence-corrected chi connectivity index (χ1v) is 8.34. The Morgan fingerprint density at radius 1 is 1.13 bits per heavy atom. The molecule has 0 aliphatic rings. The minimum atomic E-state index is -0.171. The lowest BCUT2D eigenvalue weighted by atomic mass is 9.87. The molecule has 0 unspecified atom stereocenters. The molecule has 23 heavy (non-hydrogen) atoms. The molecule has 122 valence electrons. The standard InChI is InChI=1S/C19H22BrNO2/c1-13-11-15(20)7-10-17(13)21-18(22)12-23-16-8-5-14(6-9-16)19(2,3)4/h5-11H,12H2,1-4H3,(H,21,22). The lowest BCUT2D eigenvalue weighted by Gasteiger charge is -2.19. The highest BCUT2D eigenvalue weighted by Gasteiger charge is 2.13. The molecule has 0 saturated heterocycles. The van der Waals surface area contributed by atoms with Crippen LogP contribution < -0.4 is 10.1 Å². The van der Waals surface area contributed by atoms with Crippen molar-refractivity contribution in [1.29, 1.82) is 0 Å². The van der Waals surface area contributed by atoms with Crippen molar-refractivity contribution in [2.75, 3.05) is 11.9 Å². The lowest BCUT2D eigenvalue weighted by Crippen LogP contribution is -2.20. The fourth-order valence-corrected chi connectivity index (χ4v) is 2.63. The number of aryl methyl sites for hydroxylation is 1. The number of halogens is 1. The number of rotatable bonds is 4. The number of carbonyl (C=O) groups is 1. The van der Waals surface area contributed by atoms with Gasteiger partial charge in [-0.3, -0.25) is 4.79 Å². The molecule has 4 heteroatoms. The van der Waals surface area contributed by atoms with Gasteiger partial charge in [-0.15, -0.1) is 0 Å².